The SMILES string of the molecule is CCCn1cc(CN2CCc3nc(C4=NCCCC4)ncc3C2)c(C)n1. The van der Waals surface area contributed by atoms with Crippen molar-refractivity contribution in [2.75, 3.05) is 13.1 Å². The zero-order chi connectivity index (χ0) is 17.9. The Morgan fingerprint density at radius 1 is 1.19 bits per heavy atom. The van der Waals surface area contributed by atoms with Crippen molar-refractivity contribution in [3.8, 4) is 0 Å². The zero-order valence-corrected chi connectivity index (χ0v) is 15.9. The van der Waals surface area contributed by atoms with Gasteiger partial charge in [0, 0.05) is 62.7 Å². The lowest BCUT2D eigenvalue weighted by molar-refractivity contribution is 0.242. The molecule has 0 radical (unpaired) electrons. The van der Waals surface area contributed by atoms with E-state index in [9.17, 15) is 0 Å². The fourth-order valence-electron chi connectivity index (χ4n) is 3.83. The van der Waals surface area contributed by atoms with E-state index in [1.54, 1.807) is 0 Å². The van der Waals surface area contributed by atoms with Crippen molar-refractivity contribution >= 4 is 5.71 Å². The molecule has 0 fully saturated rings. The quantitative estimate of drug-likeness (QED) is 0.830. The van der Waals surface area contributed by atoms with Crippen molar-refractivity contribution in [1.82, 2.24) is 24.6 Å². The van der Waals surface area contributed by atoms with Crippen LogP contribution in [0.3, 0.4) is 0 Å². The minimum absolute atomic E-state index is 0.855. The lowest BCUT2D eigenvalue weighted by atomic mass is 10.0. The topological polar surface area (TPSA) is 59.2 Å². The minimum atomic E-state index is 0.855. The summed E-state index contributed by atoms with van der Waals surface area (Å²) in [5.74, 6) is 0.855. The van der Waals surface area contributed by atoms with Crippen molar-refractivity contribution in [1.29, 1.82) is 0 Å². The van der Waals surface area contributed by atoms with Crippen LogP contribution in [0.4, 0.5) is 0 Å². The first-order valence-corrected chi connectivity index (χ1v) is 9.86. The highest BCUT2D eigenvalue weighted by Gasteiger charge is 2.21. The number of nitrogens with zero attached hydrogens (tertiary/aromatic N) is 6. The second-order valence-corrected chi connectivity index (χ2v) is 7.41. The molecule has 4 rings (SSSR count). The average Bonchev–Trinajstić information content (AvgIpc) is 3.01. The van der Waals surface area contributed by atoms with E-state index in [2.05, 4.69) is 44.7 Å². The summed E-state index contributed by atoms with van der Waals surface area (Å²) in [4.78, 5) is 16.6. The number of hydrogen-bond acceptors (Lipinski definition) is 5. The summed E-state index contributed by atoms with van der Waals surface area (Å²) in [6.45, 7) is 9.11. The van der Waals surface area contributed by atoms with Gasteiger partial charge in [-0.1, -0.05) is 6.92 Å². The zero-order valence-electron chi connectivity index (χ0n) is 15.9. The first kappa shape index (κ1) is 17.3. The first-order chi connectivity index (χ1) is 12.7. The van der Waals surface area contributed by atoms with E-state index in [0.717, 1.165) is 69.2 Å². The Bertz CT molecular complexity index is 807. The molecule has 0 atom stereocenters. The third-order valence-corrected chi connectivity index (χ3v) is 5.29. The minimum Gasteiger partial charge on any atom is -0.294 e. The molecule has 2 aliphatic rings. The Morgan fingerprint density at radius 3 is 2.92 bits per heavy atom. The van der Waals surface area contributed by atoms with Gasteiger partial charge in [-0.2, -0.15) is 5.10 Å². The van der Waals surface area contributed by atoms with Crippen molar-refractivity contribution in [3.63, 3.8) is 0 Å². The molecule has 2 aliphatic heterocycles. The van der Waals surface area contributed by atoms with Crippen LogP contribution in [0.1, 0.15) is 60.9 Å². The third kappa shape index (κ3) is 3.70. The van der Waals surface area contributed by atoms with Gasteiger partial charge in [-0.3, -0.25) is 14.6 Å². The molecular formula is C20H28N6. The van der Waals surface area contributed by atoms with Crippen molar-refractivity contribution in [2.24, 2.45) is 4.99 Å². The van der Waals surface area contributed by atoms with Gasteiger partial charge >= 0.3 is 0 Å². The highest BCUT2D eigenvalue weighted by Crippen LogP contribution is 2.21. The van der Waals surface area contributed by atoms with Gasteiger partial charge in [0.05, 0.1) is 17.1 Å². The first-order valence-electron chi connectivity index (χ1n) is 9.86. The molecule has 0 saturated carbocycles. The van der Waals surface area contributed by atoms with Gasteiger partial charge in [0.1, 0.15) is 0 Å². The Morgan fingerprint density at radius 2 is 2.12 bits per heavy atom. The maximum absolute atomic E-state index is 4.84. The van der Waals surface area contributed by atoms with Crippen LogP contribution in [0, 0.1) is 6.92 Å². The summed E-state index contributed by atoms with van der Waals surface area (Å²) in [6.07, 6.45) is 9.74. The number of hydrogen-bond donors (Lipinski definition) is 0. The predicted octanol–water partition coefficient (Wildman–Crippen LogP) is 2.92. The second kappa shape index (κ2) is 7.66. The fraction of sp³-hybridized carbons (Fsp3) is 0.600. The van der Waals surface area contributed by atoms with Gasteiger partial charge in [-0.05, 0) is 32.6 Å². The molecule has 0 spiro atoms. The van der Waals surface area contributed by atoms with E-state index in [1.807, 2.05) is 6.20 Å². The highest BCUT2D eigenvalue weighted by atomic mass is 15.3. The largest absolute Gasteiger partial charge is 0.294 e. The molecule has 0 saturated heterocycles. The fourth-order valence-corrected chi connectivity index (χ4v) is 3.83. The normalized spacial score (nSPS) is 17.8. The maximum Gasteiger partial charge on any atom is 0.173 e. The van der Waals surface area contributed by atoms with Crippen LogP contribution in [0.25, 0.3) is 0 Å². The summed E-state index contributed by atoms with van der Waals surface area (Å²) in [5.41, 5.74) is 6.04. The summed E-state index contributed by atoms with van der Waals surface area (Å²) < 4.78 is 2.07. The monoisotopic (exact) mass is 352 g/mol. The van der Waals surface area contributed by atoms with Crippen LogP contribution in [0.15, 0.2) is 17.4 Å². The van der Waals surface area contributed by atoms with Crippen molar-refractivity contribution in [2.45, 2.75) is 65.6 Å². The molecule has 138 valence electrons. The van der Waals surface area contributed by atoms with Gasteiger partial charge < -0.3 is 0 Å². The Hall–Kier alpha value is -2.08. The summed E-state index contributed by atoms with van der Waals surface area (Å²) in [6, 6.07) is 0. The number of rotatable bonds is 5. The summed E-state index contributed by atoms with van der Waals surface area (Å²) >= 11 is 0. The molecule has 0 bridgehead atoms. The Balaban J connectivity index is 1.45. The van der Waals surface area contributed by atoms with Gasteiger partial charge in [0.2, 0.25) is 0 Å². The average molecular weight is 352 g/mol. The van der Waals surface area contributed by atoms with Crippen molar-refractivity contribution < 1.29 is 0 Å². The van der Waals surface area contributed by atoms with Crippen LogP contribution < -0.4 is 0 Å². The van der Waals surface area contributed by atoms with Gasteiger partial charge in [-0.15, -0.1) is 0 Å². The van der Waals surface area contributed by atoms with Gasteiger partial charge in [0.25, 0.3) is 0 Å². The molecule has 0 amide bonds. The maximum atomic E-state index is 4.84. The van der Waals surface area contributed by atoms with Crippen LogP contribution in [0.5, 0.6) is 0 Å². The Kier molecular flexibility index (Phi) is 5.11. The van der Waals surface area contributed by atoms with Gasteiger partial charge in [-0.25, -0.2) is 9.97 Å². The number of aromatic nitrogens is 4. The Labute approximate surface area is 155 Å². The second-order valence-electron chi connectivity index (χ2n) is 7.41. The molecule has 2 aromatic rings. The molecule has 2 aromatic heterocycles. The van der Waals surface area contributed by atoms with E-state index < -0.39 is 0 Å². The van der Waals surface area contributed by atoms with E-state index in [0.29, 0.717) is 0 Å². The van der Waals surface area contributed by atoms with Crippen LogP contribution >= 0.6 is 0 Å². The smallest absolute Gasteiger partial charge is 0.173 e. The highest BCUT2D eigenvalue weighted by molar-refractivity contribution is 5.97. The van der Waals surface area contributed by atoms with Crippen molar-refractivity contribution in [3.05, 3.63) is 40.7 Å². The number of fused-ring (bicyclic) bond motifs is 1. The third-order valence-electron chi connectivity index (χ3n) is 5.29. The number of aryl methyl sites for hydroxylation is 2. The van der Waals surface area contributed by atoms with Crippen LogP contribution in [0.2, 0.25) is 0 Å². The standard InChI is InChI=1S/C20H28N6/c1-3-9-26-14-17(15(2)24-26)13-25-10-7-18-16(12-25)11-22-20(23-18)19-6-4-5-8-21-19/h11,14H,3-10,12-13H2,1-2H3. The van der Waals surface area contributed by atoms with Gasteiger partial charge in [0.15, 0.2) is 5.82 Å². The summed E-state index contributed by atoms with van der Waals surface area (Å²) in [7, 11) is 0. The molecule has 6 heteroatoms. The van der Waals surface area contributed by atoms with E-state index in [1.165, 1.54) is 29.7 Å². The van der Waals surface area contributed by atoms with Crippen LogP contribution in [-0.4, -0.2) is 43.4 Å². The predicted molar refractivity (Wildman–Crippen MR) is 102 cm³/mol. The molecule has 26 heavy (non-hydrogen) atoms. The molecule has 0 unspecified atom stereocenters. The molecule has 6 nitrogen and oxygen atoms in total. The van der Waals surface area contributed by atoms with E-state index in [4.69, 9.17) is 4.98 Å². The molecule has 0 aromatic carbocycles. The molecule has 0 aliphatic carbocycles. The number of aliphatic imine (C=N–C) groups is 1. The summed E-state index contributed by atoms with van der Waals surface area (Å²) in [5, 5.41) is 4.63. The molecule has 4 heterocycles. The lowest BCUT2D eigenvalue weighted by Gasteiger charge is -2.28. The molecular weight excluding hydrogens is 324 g/mol. The lowest BCUT2D eigenvalue weighted by Crippen LogP contribution is -2.31. The van der Waals surface area contributed by atoms with E-state index >= 15 is 0 Å². The molecule has 0 N–H and O–H groups in total. The van der Waals surface area contributed by atoms with E-state index in [-0.39, 0.29) is 0 Å². The van der Waals surface area contributed by atoms with Crippen LogP contribution in [-0.2, 0) is 26.1 Å².